The average Bonchev–Trinajstić information content (AvgIpc) is 2.79. The molecule has 0 saturated carbocycles. The minimum Gasteiger partial charge on any atom is -0.406 e. The lowest BCUT2D eigenvalue weighted by Gasteiger charge is -2.13. The fraction of sp³-hybridized carbons (Fsp3) is 0.0870. The van der Waals surface area contributed by atoms with E-state index >= 15 is 0 Å². The molecular weight excluding hydrogens is 474 g/mol. The van der Waals surface area contributed by atoms with Crippen LogP contribution < -0.4 is 15.6 Å². The van der Waals surface area contributed by atoms with Crippen molar-refractivity contribution in [3.63, 3.8) is 0 Å². The topological polar surface area (TPSA) is 73.2 Å². The summed E-state index contributed by atoms with van der Waals surface area (Å²) in [6.07, 6.45) is -4.81. The Hall–Kier alpha value is -3.86. The monoisotopic (exact) mass is 489 g/mol. The van der Waals surface area contributed by atoms with Crippen LogP contribution in [0.25, 0.3) is 16.6 Å². The summed E-state index contributed by atoms with van der Waals surface area (Å²) in [7, 11) is 0. The van der Waals surface area contributed by atoms with Crippen LogP contribution in [-0.2, 0) is 4.79 Å². The molecule has 1 aromatic heterocycles. The number of hydrogen-bond acceptors (Lipinski definition) is 5. The van der Waals surface area contributed by atoms with Crippen LogP contribution in [0.2, 0.25) is 0 Å². The summed E-state index contributed by atoms with van der Waals surface area (Å²) in [5.74, 6) is -1.50. The highest BCUT2D eigenvalue weighted by Crippen LogP contribution is 2.25. The van der Waals surface area contributed by atoms with Gasteiger partial charge < -0.3 is 10.1 Å². The number of halogens is 4. The van der Waals surface area contributed by atoms with Crippen molar-refractivity contribution in [2.24, 2.45) is 0 Å². The smallest absolute Gasteiger partial charge is 0.406 e. The molecule has 0 atom stereocenters. The number of rotatable bonds is 6. The molecule has 11 heteroatoms. The van der Waals surface area contributed by atoms with E-state index in [1.54, 1.807) is 24.3 Å². The summed E-state index contributed by atoms with van der Waals surface area (Å²) in [4.78, 5) is 30.0. The first-order chi connectivity index (χ1) is 16.2. The zero-order valence-corrected chi connectivity index (χ0v) is 18.0. The van der Waals surface area contributed by atoms with Crippen molar-refractivity contribution in [2.45, 2.75) is 11.5 Å². The molecule has 0 bridgehead atoms. The number of anilines is 1. The Labute approximate surface area is 194 Å². The van der Waals surface area contributed by atoms with Crippen molar-refractivity contribution >= 4 is 34.3 Å². The van der Waals surface area contributed by atoms with Crippen molar-refractivity contribution in [3.05, 3.63) is 89.0 Å². The Morgan fingerprint density at radius 3 is 2.35 bits per heavy atom. The molecular formula is C23H15F4N3O3S. The SMILES string of the molecule is O=C(CSc1nc2ccccc2c(=O)n1-c1ccc(F)cc1)Nc1ccc(OC(F)(F)F)cc1. The van der Waals surface area contributed by atoms with Gasteiger partial charge in [0.25, 0.3) is 5.56 Å². The Kier molecular flexibility index (Phi) is 6.55. The number of fused-ring (bicyclic) bond motifs is 1. The summed E-state index contributed by atoms with van der Waals surface area (Å²) in [5.41, 5.74) is 0.713. The number of hydrogen-bond donors (Lipinski definition) is 1. The number of ether oxygens (including phenoxy) is 1. The van der Waals surface area contributed by atoms with E-state index in [9.17, 15) is 27.2 Å². The van der Waals surface area contributed by atoms with Gasteiger partial charge in [0.15, 0.2) is 5.16 Å². The van der Waals surface area contributed by atoms with Crippen LogP contribution >= 0.6 is 11.8 Å². The first-order valence-corrected chi connectivity index (χ1v) is 10.7. The van der Waals surface area contributed by atoms with Crippen molar-refractivity contribution in [1.29, 1.82) is 0 Å². The normalized spacial score (nSPS) is 11.4. The van der Waals surface area contributed by atoms with E-state index in [4.69, 9.17) is 0 Å². The molecule has 1 amide bonds. The van der Waals surface area contributed by atoms with Crippen LogP contribution in [0.5, 0.6) is 5.75 Å². The Bertz CT molecular complexity index is 1390. The molecule has 0 aliphatic carbocycles. The quantitative estimate of drug-likeness (QED) is 0.230. The number of aromatic nitrogens is 2. The number of amides is 1. The molecule has 0 fully saturated rings. The van der Waals surface area contributed by atoms with E-state index in [2.05, 4.69) is 15.0 Å². The highest BCUT2D eigenvalue weighted by atomic mass is 32.2. The minimum atomic E-state index is -4.81. The minimum absolute atomic E-state index is 0.146. The lowest BCUT2D eigenvalue weighted by molar-refractivity contribution is -0.274. The summed E-state index contributed by atoms with van der Waals surface area (Å²) >= 11 is 0.986. The van der Waals surface area contributed by atoms with E-state index < -0.39 is 23.8 Å². The maximum absolute atomic E-state index is 13.4. The largest absolute Gasteiger partial charge is 0.573 e. The van der Waals surface area contributed by atoms with Crippen molar-refractivity contribution in [2.75, 3.05) is 11.1 Å². The molecule has 6 nitrogen and oxygen atoms in total. The zero-order chi connectivity index (χ0) is 24.3. The van der Waals surface area contributed by atoms with Gasteiger partial charge in [0, 0.05) is 5.69 Å². The Balaban J connectivity index is 1.55. The maximum Gasteiger partial charge on any atom is 0.573 e. The van der Waals surface area contributed by atoms with Gasteiger partial charge >= 0.3 is 6.36 Å². The van der Waals surface area contributed by atoms with E-state index in [1.165, 1.54) is 41.0 Å². The first-order valence-electron chi connectivity index (χ1n) is 9.76. The molecule has 1 N–H and O–H groups in total. The standard InChI is InChI=1S/C23H15F4N3O3S/c24-14-5-9-16(10-6-14)30-21(32)18-3-1-2-4-19(18)29-22(30)34-13-20(31)28-15-7-11-17(12-8-15)33-23(25,26)27/h1-12H,13H2,(H,28,31). The molecule has 0 saturated heterocycles. The van der Waals surface area contributed by atoms with Gasteiger partial charge in [-0.25, -0.2) is 9.37 Å². The molecule has 1 heterocycles. The number of carbonyl (C=O) groups excluding carboxylic acids is 1. The maximum atomic E-state index is 13.4. The van der Waals surface area contributed by atoms with E-state index in [1.807, 2.05) is 0 Å². The molecule has 0 aliphatic heterocycles. The van der Waals surface area contributed by atoms with Crippen LogP contribution in [0.3, 0.4) is 0 Å². The summed E-state index contributed by atoms with van der Waals surface area (Å²) < 4.78 is 55.3. The van der Waals surface area contributed by atoms with Gasteiger partial charge in [-0.05, 0) is 60.7 Å². The van der Waals surface area contributed by atoms with Crippen LogP contribution in [0.1, 0.15) is 0 Å². The van der Waals surface area contributed by atoms with Gasteiger partial charge in [0.1, 0.15) is 11.6 Å². The van der Waals surface area contributed by atoms with Gasteiger partial charge in [0.2, 0.25) is 5.91 Å². The van der Waals surface area contributed by atoms with E-state index in [0.29, 0.717) is 16.6 Å². The number of para-hydroxylation sites is 1. The van der Waals surface area contributed by atoms with E-state index in [0.717, 1.165) is 23.9 Å². The van der Waals surface area contributed by atoms with Gasteiger partial charge in [-0.15, -0.1) is 13.2 Å². The number of nitrogens with zero attached hydrogens (tertiary/aromatic N) is 2. The van der Waals surface area contributed by atoms with Gasteiger partial charge in [0.05, 0.1) is 22.3 Å². The van der Waals surface area contributed by atoms with Crippen molar-refractivity contribution < 1.29 is 27.1 Å². The molecule has 0 spiro atoms. The number of alkyl halides is 3. The molecule has 4 aromatic rings. The second kappa shape index (κ2) is 9.56. The number of thioether (sulfide) groups is 1. The molecule has 3 aromatic carbocycles. The molecule has 34 heavy (non-hydrogen) atoms. The number of benzene rings is 3. The van der Waals surface area contributed by atoms with Crippen LogP contribution in [0.15, 0.2) is 82.7 Å². The van der Waals surface area contributed by atoms with Crippen molar-refractivity contribution in [3.8, 4) is 11.4 Å². The highest BCUT2D eigenvalue weighted by molar-refractivity contribution is 7.99. The van der Waals surface area contributed by atoms with Gasteiger partial charge in [-0.2, -0.15) is 0 Å². The lowest BCUT2D eigenvalue weighted by atomic mass is 10.2. The second-order valence-corrected chi connectivity index (χ2v) is 7.88. The predicted octanol–water partition coefficient (Wildman–Crippen LogP) is 5.15. The van der Waals surface area contributed by atoms with Gasteiger partial charge in [-0.1, -0.05) is 23.9 Å². The molecule has 0 unspecified atom stereocenters. The first kappa shape index (κ1) is 23.3. The lowest BCUT2D eigenvalue weighted by Crippen LogP contribution is -2.23. The zero-order valence-electron chi connectivity index (χ0n) is 17.2. The van der Waals surface area contributed by atoms with E-state index in [-0.39, 0.29) is 22.2 Å². The fourth-order valence-electron chi connectivity index (χ4n) is 3.09. The Morgan fingerprint density at radius 1 is 1.00 bits per heavy atom. The van der Waals surface area contributed by atoms with Crippen LogP contribution in [-0.4, -0.2) is 27.6 Å². The molecule has 174 valence electrons. The third kappa shape index (κ3) is 5.54. The third-order valence-electron chi connectivity index (χ3n) is 4.53. The molecule has 0 aliphatic rings. The predicted molar refractivity (Wildman–Crippen MR) is 120 cm³/mol. The summed E-state index contributed by atoms with van der Waals surface area (Å²) in [6.45, 7) is 0. The molecule has 4 rings (SSSR count). The Morgan fingerprint density at radius 2 is 1.68 bits per heavy atom. The fourth-order valence-corrected chi connectivity index (χ4v) is 3.91. The summed E-state index contributed by atoms with van der Waals surface area (Å²) in [6, 6.07) is 16.7. The second-order valence-electron chi connectivity index (χ2n) is 6.94. The van der Waals surface area contributed by atoms with Gasteiger partial charge in [-0.3, -0.25) is 14.2 Å². The highest BCUT2D eigenvalue weighted by Gasteiger charge is 2.31. The van der Waals surface area contributed by atoms with Crippen molar-refractivity contribution in [1.82, 2.24) is 9.55 Å². The summed E-state index contributed by atoms with van der Waals surface area (Å²) in [5, 5.41) is 3.14. The number of nitrogens with one attached hydrogen (secondary N) is 1. The molecule has 0 radical (unpaired) electrons. The average molecular weight is 489 g/mol. The number of carbonyl (C=O) groups is 1. The third-order valence-corrected chi connectivity index (χ3v) is 5.47. The van der Waals surface area contributed by atoms with Crippen LogP contribution in [0.4, 0.5) is 23.2 Å². The van der Waals surface area contributed by atoms with Crippen LogP contribution in [0, 0.1) is 5.82 Å².